The molecule has 0 amide bonds. The van der Waals surface area contributed by atoms with E-state index in [9.17, 15) is 10.2 Å². The number of phenolic OH excluding ortho intramolecular Hbond substituents is 2. The summed E-state index contributed by atoms with van der Waals surface area (Å²) in [6, 6.07) is 3.36. The summed E-state index contributed by atoms with van der Waals surface area (Å²) in [6.07, 6.45) is 0.831. The van der Waals surface area contributed by atoms with Gasteiger partial charge in [-0.2, -0.15) is 0 Å². The monoisotopic (exact) mass is 195 g/mol. The van der Waals surface area contributed by atoms with Crippen molar-refractivity contribution in [1.29, 1.82) is 0 Å². The highest BCUT2D eigenvalue weighted by Gasteiger charge is 2.13. The Kier molecular flexibility index (Phi) is 3.36. The second kappa shape index (κ2) is 4.33. The molecular weight excluding hydrogens is 178 g/mol. The summed E-state index contributed by atoms with van der Waals surface area (Å²) in [5, 5.41) is 19.1. The van der Waals surface area contributed by atoms with E-state index in [1.807, 2.05) is 6.92 Å². The lowest BCUT2D eigenvalue weighted by Crippen LogP contribution is -2.05. The van der Waals surface area contributed by atoms with Crippen molar-refractivity contribution in [3.8, 4) is 11.5 Å². The summed E-state index contributed by atoms with van der Waals surface area (Å²) in [6.45, 7) is 4.31. The molecule has 1 atom stereocenters. The fraction of sp³-hybridized carbons (Fsp3) is 0.455. The van der Waals surface area contributed by atoms with Crippen molar-refractivity contribution < 1.29 is 10.2 Å². The summed E-state index contributed by atoms with van der Waals surface area (Å²) in [5.74, 6) is 0.538. The maximum atomic E-state index is 9.77. The van der Waals surface area contributed by atoms with E-state index in [0.29, 0.717) is 12.1 Å². The summed E-state index contributed by atoms with van der Waals surface area (Å²) < 4.78 is 0. The Hall–Kier alpha value is -1.22. The second-order valence-corrected chi connectivity index (χ2v) is 3.63. The van der Waals surface area contributed by atoms with E-state index >= 15 is 0 Å². The standard InChI is InChI=1S/C11H17NO2/c1-7(5-6-12)9-3-4-10(13)8(2)11(9)14/h3-4,7,13-14H,5-6,12H2,1-2H3. The third-order valence-corrected chi connectivity index (χ3v) is 2.56. The van der Waals surface area contributed by atoms with Gasteiger partial charge < -0.3 is 15.9 Å². The Morgan fingerprint density at radius 3 is 2.57 bits per heavy atom. The topological polar surface area (TPSA) is 66.5 Å². The van der Waals surface area contributed by atoms with Crippen LogP contribution < -0.4 is 5.73 Å². The van der Waals surface area contributed by atoms with Gasteiger partial charge in [0.2, 0.25) is 0 Å². The Bertz CT molecular complexity index is 323. The van der Waals surface area contributed by atoms with Crippen LogP contribution in [0.2, 0.25) is 0 Å². The van der Waals surface area contributed by atoms with E-state index < -0.39 is 0 Å². The molecule has 0 aliphatic rings. The van der Waals surface area contributed by atoms with Gasteiger partial charge in [0.1, 0.15) is 11.5 Å². The minimum atomic E-state index is 0.131. The van der Waals surface area contributed by atoms with E-state index in [1.54, 1.807) is 19.1 Å². The SMILES string of the molecule is Cc1c(O)ccc(C(C)CCN)c1O. The third kappa shape index (κ3) is 1.99. The molecule has 0 aliphatic heterocycles. The van der Waals surface area contributed by atoms with Gasteiger partial charge in [-0.25, -0.2) is 0 Å². The Balaban J connectivity index is 3.04. The number of nitrogens with two attached hydrogens (primary N) is 1. The van der Waals surface area contributed by atoms with E-state index in [0.717, 1.165) is 12.0 Å². The van der Waals surface area contributed by atoms with E-state index in [-0.39, 0.29) is 17.4 Å². The quantitative estimate of drug-likeness (QED) is 0.689. The number of rotatable bonds is 3. The molecule has 14 heavy (non-hydrogen) atoms. The normalized spacial score (nSPS) is 12.8. The lowest BCUT2D eigenvalue weighted by atomic mass is 9.95. The molecule has 1 unspecified atom stereocenters. The first-order valence-electron chi connectivity index (χ1n) is 4.79. The molecule has 78 valence electrons. The Labute approximate surface area is 84.2 Å². The highest BCUT2D eigenvalue weighted by Crippen LogP contribution is 2.34. The molecule has 3 heteroatoms. The highest BCUT2D eigenvalue weighted by atomic mass is 16.3. The largest absolute Gasteiger partial charge is 0.508 e. The molecule has 0 saturated carbocycles. The first kappa shape index (κ1) is 10.9. The minimum Gasteiger partial charge on any atom is -0.508 e. The fourth-order valence-corrected chi connectivity index (χ4v) is 1.51. The summed E-state index contributed by atoms with van der Waals surface area (Å²) in [5.41, 5.74) is 6.84. The summed E-state index contributed by atoms with van der Waals surface area (Å²) >= 11 is 0. The smallest absolute Gasteiger partial charge is 0.125 e. The van der Waals surface area contributed by atoms with Crippen LogP contribution in [-0.4, -0.2) is 16.8 Å². The van der Waals surface area contributed by atoms with Crippen LogP contribution in [0, 0.1) is 6.92 Å². The minimum absolute atomic E-state index is 0.131. The van der Waals surface area contributed by atoms with Gasteiger partial charge in [0.05, 0.1) is 0 Å². The molecule has 0 fully saturated rings. The van der Waals surface area contributed by atoms with Crippen LogP contribution in [0.1, 0.15) is 30.4 Å². The van der Waals surface area contributed by atoms with Crippen LogP contribution in [-0.2, 0) is 0 Å². The van der Waals surface area contributed by atoms with Crippen molar-refractivity contribution in [2.75, 3.05) is 6.54 Å². The van der Waals surface area contributed by atoms with E-state index in [4.69, 9.17) is 5.73 Å². The predicted molar refractivity (Wildman–Crippen MR) is 56.6 cm³/mol. The van der Waals surface area contributed by atoms with Crippen LogP contribution in [0.3, 0.4) is 0 Å². The van der Waals surface area contributed by atoms with Gasteiger partial charge in [-0.3, -0.25) is 0 Å². The zero-order valence-corrected chi connectivity index (χ0v) is 8.62. The average molecular weight is 195 g/mol. The van der Waals surface area contributed by atoms with Crippen molar-refractivity contribution >= 4 is 0 Å². The van der Waals surface area contributed by atoms with Gasteiger partial charge in [0.25, 0.3) is 0 Å². The Morgan fingerprint density at radius 2 is 2.00 bits per heavy atom. The molecule has 0 heterocycles. The maximum Gasteiger partial charge on any atom is 0.125 e. The zero-order chi connectivity index (χ0) is 10.7. The number of phenols is 2. The Morgan fingerprint density at radius 1 is 1.36 bits per heavy atom. The molecule has 0 radical (unpaired) electrons. The molecule has 0 bridgehead atoms. The molecule has 0 spiro atoms. The molecule has 0 aliphatic carbocycles. The summed E-state index contributed by atoms with van der Waals surface area (Å²) in [4.78, 5) is 0. The molecule has 4 N–H and O–H groups in total. The van der Waals surface area contributed by atoms with Crippen molar-refractivity contribution in [3.63, 3.8) is 0 Å². The van der Waals surface area contributed by atoms with Crippen LogP contribution in [0.4, 0.5) is 0 Å². The van der Waals surface area contributed by atoms with E-state index in [2.05, 4.69) is 0 Å². The van der Waals surface area contributed by atoms with Gasteiger partial charge in [-0.05, 0) is 37.4 Å². The van der Waals surface area contributed by atoms with Gasteiger partial charge in [-0.1, -0.05) is 13.0 Å². The van der Waals surface area contributed by atoms with Crippen molar-refractivity contribution in [2.45, 2.75) is 26.2 Å². The summed E-state index contributed by atoms with van der Waals surface area (Å²) in [7, 11) is 0. The van der Waals surface area contributed by atoms with E-state index in [1.165, 1.54) is 0 Å². The van der Waals surface area contributed by atoms with Gasteiger partial charge >= 0.3 is 0 Å². The predicted octanol–water partition coefficient (Wildman–Crippen LogP) is 1.86. The van der Waals surface area contributed by atoms with Crippen molar-refractivity contribution in [3.05, 3.63) is 23.3 Å². The molecule has 1 aromatic rings. The highest BCUT2D eigenvalue weighted by molar-refractivity contribution is 5.48. The molecular formula is C11H17NO2. The number of hydrogen-bond donors (Lipinski definition) is 3. The number of benzene rings is 1. The molecule has 1 rings (SSSR count). The molecule has 3 nitrogen and oxygen atoms in total. The van der Waals surface area contributed by atoms with Crippen LogP contribution in [0.15, 0.2) is 12.1 Å². The van der Waals surface area contributed by atoms with Crippen molar-refractivity contribution in [2.24, 2.45) is 5.73 Å². The zero-order valence-electron chi connectivity index (χ0n) is 8.62. The number of aromatic hydroxyl groups is 2. The van der Waals surface area contributed by atoms with Gasteiger partial charge in [0.15, 0.2) is 0 Å². The van der Waals surface area contributed by atoms with Crippen LogP contribution in [0.25, 0.3) is 0 Å². The molecule has 0 saturated heterocycles. The van der Waals surface area contributed by atoms with Gasteiger partial charge in [-0.15, -0.1) is 0 Å². The van der Waals surface area contributed by atoms with Gasteiger partial charge in [0, 0.05) is 5.56 Å². The maximum absolute atomic E-state index is 9.77. The number of hydrogen-bond acceptors (Lipinski definition) is 3. The molecule has 0 aromatic heterocycles. The first-order chi connectivity index (χ1) is 6.57. The second-order valence-electron chi connectivity index (χ2n) is 3.63. The fourth-order valence-electron chi connectivity index (χ4n) is 1.51. The van der Waals surface area contributed by atoms with Crippen molar-refractivity contribution in [1.82, 2.24) is 0 Å². The lowest BCUT2D eigenvalue weighted by molar-refractivity contribution is 0.434. The third-order valence-electron chi connectivity index (χ3n) is 2.56. The first-order valence-corrected chi connectivity index (χ1v) is 4.79. The molecule has 1 aromatic carbocycles. The van der Waals surface area contributed by atoms with Crippen LogP contribution >= 0.6 is 0 Å². The lowest BCUT2D eigenvalue weighted by Gasteiger charge is -2.14. The average Bonchev–Trinajstić information content (AvgIpc) is 2.15. The van der Waals surface area contributed by atoms with Crippen LogP contribution in [0.5, 0.6) is 11.5 Å².